The molecule has 0 aliphatic heterocycles. The van der Waals surface area contributed by atoms with Gasteiger partial charge in [0.15, 0.2) is 17.3 Å². The van der Waals surface area contributed by atoms with E-state index in [9.17, 15) is 9.50 Å². The van der Waals surface area contributed by atoms with Crippen LogP contribution in [-0.4, -0.2) is 25.9 Å². The van der Waals surface area contributed by atoms with E-state index in [0.29, 0.717) is 11.1 Å². The molecule has 1 rings (SSSR count). The summed E-state index contributed by atoms with van der Waals surface area (Å²) in [6.45, 7) is 1.71. The van der Waals surface area contributed by atoms with Crippen LogP contribution in [0.3, 0.4) is 0 Å². The maximum absolute atomic E-state index is 13.5. The van der Waals surface area contributed by atoms with Crippen LogP contribution in [0.15, 0.2) is 6.07 Å². The van der Waals surface area contributed by atoms with E-state index in [2.05, 4.69) is 0 Å². The highest BCUT2D eigenvalue weighted by Crippen LogP contribution is 2.39. The number of hydrogen-bond donors (Lipinski definition) is 2. The molecule has 0 amide bonds. The van der Waals surface area contributed by atoms with Crippen molar-refractivity contribution in [2.24, 2.45) is 5.73 Å². The number of aliphatic hydroxyl groups excluding tert-OH is 1. The molecule has 0 heterocycles. The summed E-state index contributed by atoms with van der Waals surface area (Å²) in [6, 6.07) is 1.29. The lowest BCUT2D eigenvalue weighted by Gasteiger charge is -2.19. The van der Waals surface area contributed by atoms with Crippen molar-refractivity contribution in [3.8, 4) is 11.5 Å². The second-order valence-electron chi connectivity index (χ2n) is 3.41. The van der Waals surface area contributed by atoms with Gasteiger partial charge in [-0.3, -0.25) is 0 Å². The van der Waals surface area contributed by atoms with E-state index in [1.165, 1.54) is 20.3 Å². The lowest BCUT2D eigenvalue weighted by atomic mass is 10.0. The summed E-state index contributed by atoms with van der Waals surface area (Å²) in [5.74, 6) is -0.349. The van der Waals surface area contributed by atoms with Gasteiger partial charge in [0.05, 0.1) is 20.3 Å². The molecule has 3 N–H and O–H groups in total. The van der Waals surface area contributed by atoms with Gasteiger partial charge in [0.1, 0.15) is 0 Å². The first-order valence-corrected chi connectivity index (χ1v) is 4.85. The smallest absolute Gasteiger partial charge is 0.197 e. The van der Waals surface area contributed by atoms with Gasteiger partial charge in [-0.15, -0.1) is 0 Å². The minimum atomic E-state index is -0.899. The lowest BCUT2D eigenvalue weighted by Crippen LogP contribution is -2.14. The first kappa shape index (κ1) is 12.7. The van der Waals surface area contributed by atoms with Gasteiger partial charge in [0.2, 0.25) is 0 Å². The summed E-state index contributed by atoms with van der Waals surface area (Å²) >= 11 is 0. The van der Waals surface area contributed by atoms with Crippen molar-refractivity contribution in [3.63, 3.8) is 0 Å². The molecule has 0 fully saturated rings. The Labute approximate surface area is 93.8 Å². The van der Waals surface area contributed by atoms with E-state index in [1.807, 2.05) is 0 Å². The summed E-state index contributed by atoms with van der Waals surface area (Å²) in [4.78, 5) is 0. The molecular weight excluding hydrogens is 213 g/mol. The Balaban J connectivity index is 3.45. The molecule has 16 heavy (non-hydrogen) atoms. The van der Waals surface area contributed by atoms with Gasteiger partial charge in [0, 0.05) is 12.1 Å². The Hall–Kier alpha value is -1.33. The van der Waals surface area contributed by atoms with E-state index in [-0.39, 0.29) is 18.0 Å². The van der Waals surface area contributed by atoms with Gasteiger partial charge in [-0.1, -0.05) is 0 Å². The Morgan fingerprint density at radius 3 is 2.38 bits per heavy atom. The Morgan fingerprint density at radius 2 is 1.94 bits per heavy atom. The summed E-state index contributed by atoms with van der Waals surface area (Å²) in [5, 5.41) is 9.75. The minimum Gasteiger partial charge on any atom is -0.492 e. The van der Waals surface area contributed by atoms with Crippen LogP contribution in [0.1, 0.15) is 17.2 Å². The second-order valence-corrected chi connectivity index (χ2v) is 3.41. The van der Waals surface area contributed by atoms with Gasteiger partial charge < -0.3 is 20.3 Å². The average molecular weight is 229 g/mol. The molecule has 90 valence electrons. The average Bonchev–Trinajstić information content (AvgIpc) is 2.27. The van der Waals surface area contributed by atoms with Crippen molar-refractivity contribution in [2.75, 3.05) is 20.8 Å². The summed E-state index contributed by atoms with van der Waals surface area (Å²) in [7, 11) is 2.73. The highest BCUT2D eigenvalue weighted by Gasteiger charge is 2.22. The molecule has 0 aromatic heterocycles. The third-order valence-corrected chi connectivity index (χ3v) is 2.40. The fraction of sp³-hybridized carbons (Fsp3) is 0.455. The van der Waals surface area contributed by atoms with Crippen molar-refractivity contribution in [2.45, 2.75) is 13.0 Å². The molecule has 4 nitrogen and oxygen atoms in total. The highest BCUT2D eigenvalue weighted by atomic mass is 19.1. The Bertz CT molecular complexity index is 382. The molecule has 0 aliphatic carbocycles. The molecule has 1 aromatic carbocycles. The number of nitrogens with two attached hydrogens (primary N) is 1. The van der Waals surface area contributed by atoms with Gasteiger partial charge in [-0.25, -0.2) is 4.39 Å². The first-order chi connectivity index (χ1) is 7.56. The van der Waals surface area contributed by atoms with Crippen LogP contribution in [0.5, 0.6) is 11.5 Å². The van der Waals surface area contributed by atoms with E-state index >= 15 is 0 Å². The fourth-order valence-electron chi connectivity index (χ4n) is 1.67. The van der Waals surface area contributed by atoms with Crippen LogP contribution in [0, 0.1) is 12.7 Å². The standard InChI is InChI=1S/C11H16FNO3/c1-6-4-7(12)10(15-2)11(16-3)9(6)8(14)5-13/h4,8,14H,5,13H2,1-3H3. The van der Waals surface area contributed by atoms with Crippen molar-refractivity contribution in [1.29, 1.82) is 0 Å². The second kappa shape index (κ2) is 5.14. The third-order valence-electron chi connectivity index (χ3n) is 2.40. The number of rotatable bonds is 4. The van der Waals surface area contributed by atoms with Crippen LogP contribution < -0.4 is 15.2 Å². The van der Waals surface area contributed by atoms with E-state index in [4.69, 9.17) is 15.2 Å². The SMILES string of the molecule is COc1c(F)cc(C)c(C(O)CN)c1OC. The molecule has 0 bridgehead atoms. The monoisotopic (exact) mass is 229 g/mol. The number of ether oxygens (including phenoxy) is 2. The topological polar surface area (TPSA) is 64.7 Å². The maximum atomic E-state index is 13.5. The van der Waals surface area contributed by atoms with Crippen molar-refractivity contribution < 1.29 is 19.0 Å². The number of aryl methyl sites for hydroxylation is 1. The highest BCUT2D eigenvalue weighted by molar-refractivity contribution is 5.52. The Morgan fingerprint density at radius 1 is 1.38 bits per heavy atom. The molecule has 0 radical (unpaired) electrons. The summed E-state index contributed by atoms with van der Waals surface area (Å²) in [5.41, 5.74) is 6.42. The summed E-state index contributed by atoms with van der Waals surface area (Å²) < 4.78 is 23.5. The molecule has 0 aliphatic rings. The third kappa shape index (κ3) is 2.10. The van der Waals surface area contributed by atoms with Crippen LogP contribution >= 0.6 is 0 Å². The van der Waals surface area contributed by atoms with E-state index < -0.39 is 11.9 Å². The van der Waals surface area contributed by atoms with Crippen LogP contribution in [0.25, 0.3) is 0 Å². The van der Waals surface area contributed by atoms with E-state index in [1.54, 1.807) is 6.92 Å². The zero-order chi connectivity index (χ0) is 12.3. The summed E-state index contributed by atoms with van der Waals surface area (Å²) in [6.07, 6.45) is -0.899. The molecule has 1 aromatic rings. The predicted octanol–water partition coefficient (Wildman–Crippen LogP) is 1.14. The molecule has 5 heteroatoms. The lowest BCUT2D eigenvalue weighted by molar-refractivity contribution is 0.179. The maximum Gasteiger partial charge on any atom is 0.197 e. The number of hydrogen-bond acceptors (Lipinski definition) is 4. The van der Waals surface area contributed by atoms with E-state index in [0.717, 1.165) is 0 Å². The van der Waals surface area contributed by atoms with Gasteiger partial charge >= 0.3 is 0 Å². The molecule has 1 atom stereocenters. The molecule has 0 spiro atoms. The van der Waals surface area contributed by atoms with Crippen molar-refractivity contribution in [3.05, 3.63) is 23.0 Å². The number of benzene rings is 1. The zero-order valence-electron chi connectivity index (χ0n) is 9.58. The van der Waals surface area contributed by atoms with Crippen molar-refractivity contribution >= 4 is 0 Å². The van der Waals surface area contributed by atoms with Gasteiger partial charge in [-0.05, 0) is 18.6 Å². The van der Waals surface area contributed by atoms with Gasteiger partial charge in [0.25, 0.3) is 0 Å². The first-order valence-electron chi connectivity index (χ1n) is 4.85. The molecular formula is C11H16FNO3. The van der Waals surface area contributed by atoms with Crippen LogP contribution in [0.2, 0.25) is 0 Å². The van der Waals surface area contributed by atoms with Crippen molar-refractivity contribution in [1.82, 2.24) is 0 Å². The quantitative estimate of drug-likeness (QED) is 0.812. The molecule has 0 saturated carbocycles. The minimum absolute atomic E-state index is 0.0180. The predicted molar refractivity (Wildman–Crippen MR) is 58.3 cm³/mol. The molecule has 0 saturated heterocycles. The van der Waals surface area contributed by atoms with Crippen LogP contribution in [-0.2, 0) is 0 Å². The number of methoxy groups -OCH3 is 2. The molecule has 1 unspecified atom stereocenters. The number of aliphatic hydroxyl groups is 1. The largest absolute Gasteiger partial charge is 0.492 e. The van der Waals surface area contributed by atoms with Crippen LogP contribution in [0.4, 0.5) is 4.39 Å². The Kier molecular flexibility index (Phi) is 4.09. The fourth-order valence-corrected chi connectivity index (χ4v) is 1.67. The zero-order valence-corrected chi connectivity index (χ0v) is 9.58. The normalized spacial score (nSPS) is 12.4. The van der Waals surface area contributed by atoms with Gasteiger partial charge in [-0.2, -0.15) is 0 Å². The number of halogens is 1.